The zero-order valence-electron chi connectivity index (χ0n) is 24.8. The molecular formula is C42H30O2. The second-order valence-corrected chi connectivity index (χ2v) is 10.6. The van der Waals surface area contributed by atoms with Crippen molar-refractivity contribution in [2.45, 2.75) is 13.8 Å². The quantitative estimate of drug-likeness (QED) is 0.156. The van der Waals surface area contributed by atoms with Crippen LogP contribution < -0.4 is 9.47 Å². The molecule has 0 aromatic heterocycles. The molecule has 0 unspecified atom stereocenters. The molecule has 0 radical (unpaired) electrons. The van der Waals surface area contributed by atoms with Gasteiger partial charge in [-0.15, -0.1) is 0 Å². The van der Waals surface area contributed by atoms with Crippen LogP contribution in [-0.4, -0.2) is 13.2 Å². The maximum atomic E-state index is 5.90. The maximum absolute atomic E-state index is 5.90. The maximum Gasteiger partial charge on any atom is 0.134 e. The summed E-state index contributed by atoms with van der Waals surface area (Å²) in [5.74, 6) is 15.7. The van der Waals surface area contributed by atoms with Gasteiger partial charge in [-0.2, -0.15) is 0 Å². The fourth-order valence-corrected chi connectivity index (χ4v) is 5.83. The number of hydrogen-bond donors (Lipinski definition) is 0. The van der Waals surface area contributed by atoms with E-state index in [1.54, 1.807) is 0 Å². The minimum Gasteiger partial charge on any atom is -0.493 e. The molecule has 44 heavy (non-hydrogen) atoms. The number of benzene rings is 7. The minimum atomic E-state index is 0.586. The second kappa shape index (κ2) is 11.9. The topological polar surface area (TPSA) is 18.5 Å². The molecule has 0 saturated carbocycles. The predicted octanol–water partition coefficient (Wildman–Crippen LogP) is 9.90. The highest BCUT2D eigenvalue weighted by atomic mass is 16.5. The number of fused-ring (bicyclic) bond motifs is 4. The molecule has 0 atom stereocenters. The van der Waals surface area contributed by atoms with Crippen molar-refractivity contribution in [1.82, 2.24) is 0 Å². The van der Waals surface area contributed by atoms with Gasteiger partial charge in [0.2, 0.25) is 0 Å². The Kier molecular flexibility index (Phi) is 7.34. The van der Waals surface area contributed by atoms with E-state index in [9.17, 15) is 0 Å². The first-order chi connectivity index (χ1) is 21.7. The molecule has 0 spiro atoms. The largest absolute Gasteiger partial charge is 0.493 e. The van der Waals surface area contributed by atoms with E-state index in [2.05, 4.69) is 96.5 Å². The predicted molar refractivity (Wildman–Crippen MR) is 184 cm³/mol. The Labute approximate surface area is 257 Å². The van der Waals surface area contributed by atoms with Crippen molar-refractivity contribution < 1.29 is 9.47 Å². The highest BCUT2D eigenvalue weighted by Crippen LogP contribution is 2.37. The fraction of sp³-hybridized carbons (Fsp3) is 0.0952. The zero-order valence-corrected chi connectivity index (χ0v) is 24.8. The zero-order chi connectivity index (χ0) is 29.9. The number of rotatable bonds is 4. The lowest BCUT2D eigenvalue weighted by molar-refractivity contribution is 0.339. The number of ether oxygens (including phenoxy) is 2. The third-order valence-corrected chi connectivity index (χ3v) is 7.87. The first kappa shape index (κ1) is 27.2. The van der Waals surface area contributed by atoms with Crippen LogP contribution in [-0.2, 0) is 0 Å². The summed E-state index contributed by atoms with van der Waals surface area (Å²) in [4.78, 5) is 0. The normalized spacial score (nSPS) is 10.8. The van der Waals surface area contributed by atoms with Crippen molar-refractivity contribution in [2.24, 2.45) is 0 Å². The van der Waals surface area contributed by atoms with Gasteiger partial charge in [-0.1, -0.05) is 96.5 Å². The Morgan fingerprint density at radius 1 is 0.409 bits per heavy atom. The highest BCUT2D eigenvalue weighted by Gasteiger charge is 2.15. The van der Waals surface area contributed by atoms with E-state index in [0.29, 0.717) is 13.2 Å². The molecule has 0 bridgehead atoms. The Morgan fingerprint density at radius 3 is 1.07 bits per heavy atom. The molecule has 2 nitrogen and oxygen atoms in total. The summed E-state index contributed by atoms with van der Waals surface area (Å²) < 4.78 is 11.8. The van der Waals surface area contributed by atoms with Crippen LogP contribution in [0.2, 0.25) is 0 Å². The van der Waals surface area contributed by atoms with Gasteiger partial charge in [0.1, 0.15) is 11.5 Å². The molecule has 0 aliphatic heterocycles. The molecule has 0 N–H and O–H groups in total. The van der Waals surface area contributed by atoms with E-state index >= 15 is 0 Å². The second-order valence-electron chi connectivity index (χ2n) is 10.6. The van der Waals surface area contributed by atoms with Crippen LogP contribution in [0.4, 0.5) is 0 Å². The number of para-hydroxylation sites is 2. The molecule has 0 aliphatic carbocycles. The van der Waals surface area contributed by atoms with Crippen LogP contribution in [0.25, 0.3) is 43.1 Å². The van der Waals surface area contributed by atoms with Crippen molar-refractivity contribution in [1.29, 1.82) is 0 Å². The van der Waals surface area contributed by atoms with E-state index in [4.69, 9.17) is 9.47 Å². The van der Waals surface area contributed by atoms with Gasteiger partial charge in [-0.3, -0.25) is 0 Å². The van der Waals surface area contributed by atoms with Crippen LogP contribution in [0.3, 0.4) is 0 Å². The van der Waals surface area contributed by atoms with Crippen molar-refractivity contribution in [2.75, 3.05) is 13.2 Å². The standard InChI is InChI=1S/C42H30O2/c1-3-43-41-19-11-9-13-29(41)21-23-35-37-25-31-15-5-7-17-33(31)27-39(37)36(24-22-30-14-10-12-20-42(30)44-4-2)40-28-34-18-8-6-16-32(34)26-38(35)40/h5-20,25-28H,3-4H2,1-2H3. The van der Waals surface area contributed by atoms with Gasteiger partial charge in [-0.05, 0) is 105 Å². The van der Waals surface area contributed by atoms with Crippen molar-refractivity contribution in [3.8, 4) is 35.2 Å². The summed E-state index contributed by atoms with van der Waals surface area (Å²) >= 11 is 0. The van der Waals surface area contributed by atoms with Gasteiger partial charge < -0.3 is 9.47 Å². The van der Waals surface area contributed by atoms with Gasteiger partial charge in [-0.25, -0.2) is 0 Å². The Morgan fingerprint density at radius 2 is 0.727 bits per heavy atom. The summed E-state index contributed by atoms with van der Waals surface area (Å²) in [6, 6.07) is 42.0. The van der Waals surface area contributed by atoms with E-state index < -0.39 is 0 Å². The highest BCUT2D eigenvalue weighted by molar-refractivity contribution is 6.16. The van der Waals surface area contributed by atoms with Crippen molar-refractivity contribution >= 4 is 43.1 Å². The van der Waals surface area contributed by atoms with Crippen molar-refractivity contribution in [3.63, 3.8) is 0 Å². The SMILES string of the molecule is CCOc1ccccc1C#Cc1c2cc3ccccc3cc2c(C#Cc2ccccc2OCC)c2cc3ccccc3cc12. The third kappa shape index (κ3) is 5.09. The molecule has 0 amide bonds. The molecule has 0 heterocycles. The van der Waals surface area contributed by atoms with Gasteiger partial charge in [0.05, 0.1) is 24.3 Å². The van der Waals surface area contributed by atoms with Gasteiger partial charge in [0.25, 0.3) is 0 Å². The van der Waals surface area contributed by atoms with Crippen LogP contribution in [0.5, 0.6) is 11.5 Å². The minimum absolute atomic E-state index is 0.586. The van der Waals surface area contributed by atoms with Gasteiger partial charge >= 0.3 is 0 Å². The number of hydrogen-bond acceptors (Lipinski definition) is 2. The van der Waals surface area contributed by atoms with Crippen LogP contribution in [0.1, 0.15) is 36.1 Å². The summed E-state index contributed by atoms with van der Waals surface area (Å²) in [7, 11) is 0. The molecule has 0 saturated heterocycles. The molecule has 7 rings (SSSR count). The molecule has 0 fully saturated rings. The van der Waals surface area contributed by atoms with Crippen LogP contribution in [0, 0.1) is 23.7 Å². The molecule has 210 valence electrons. The molecule has 0 aliphatic rings. The molecular weight excluding hydrogens is 536 g/mol. The molecule has 2 heteroatoms. The monoisotopic (exact) mass is 566 g/mol. The van der Waals surface area contributed by atoms with E-state index in [0.717, 1.165) is 55.3 Å². The van der Waals surface area contributed by atoms with Crippen LogP contribution >= 0.6 is 0 Å². The summed E-state index contributed by atoms with van der Waals surface area (Å²) in [6.07, 6.45) is 0. The smallest absolute Gasteiger partial charge is 0.134 e. The first-order valence-electron chi connectivity index (χ1n) is 15.0. The Bertz CT molecular complexity index is 2060. The van der Waals surface area contributed by atoms with Gasteiger partial charge in [0.15, 0.2) is 0 Å². The van der Waals surface area contributed by atoms with E-state index in [1.807, 2.05) is 62.4 Å². The summed E-state index contributed by atoms with van der Waals surface area (Å²) in [5, 5.41) is 8.98. The van der Waals surface area contributed by atoms with Gasteiger partial charge in [0, 0.05) is 11.1 Å². The van der Waals surface area contributed by atoms with E-state index in [-0.39, 0.29) is 0 Å². The van der Waals surface area contributed by atoms with Crippen molar-refractivity contribution in [3.05, 3.63) is 144 Å². The first-order valence-corrected chi connectivity index (χ1v) is 15.0. The van der Waals surface area contributed by atoms with Crippen LogP contribution in [0.15, 0.2) is 121 Å². The summed E-state index contributed by atoms with van der Waals surface area (Å²) in [6.45, 7) is 5.16. The molecule has 7 aromatic rings. The fourth-order valence-electron chi connectivity index (χ4n) is 5.83. The third-order valence-electron chi connectivity index (χ3n) is 7.87. The lowest BCUT2D eigenvalue weighted by Crippen LogP contribution is -1.95. The lowest BCUT2D eigenvalue weighted by Gasteiger charge is -2.14. The Balaban J connectivity index is 1.60. The van der Waals surface area contributed by atoms with E-state index in [1.165, 1.54) is 21.5 Å². The summed E-state index contributed by atoms with van der Waals surface area (Å²) in [5.41, 5.74) is 3.71. The lowest BCUT2D eigenvalue weighted by atomic mass is 9.88. The Hall–Kier alpha value is -5.70. The average Bonchev–Trinajstić information content (AvgIpc) is 3.06. The average molecular weight is 567 g/mol. The molecule has 7 aromatic carbocycles.